The van der Waals surface area contributed by atoms with Crippen molar-refractivity contribution in [2.75, 3.05) is 7.11 Å². The van der Waals surface area contributed by atoms with Gasteiger partial charge in [-0.3, -0.25) is 0 Å². The zero-order valence-electron chi connectivity index (χ0n) is 15.1. The van der Waals surface area contributed by atoms with Crippen molar-refractivity contribution in [1.82, 2.24) is 0 Å². The minimum Gasteiger partial charge on any atom is -0.467 e. The number of aliphatic hydroxyl groups is 2. The van der Waals surface area contributed by atoms with Gasteiger partial charge >= 0.3 is 11.9 Å². The lowest BCUT2D eigenvalue weighted by molar-refractivity contribution is -0.178. The molecule has 0 radical (unpaired) electrons. The molecule has 2 rings (SSSR count). The Morgan fingerprint density at radius 1 is 1.33 bits per heavy atom. The minimum atomic E-state index is -2.23. The molecule has 1 aromatic rings. The lowest BCUT2D eigenvalue weighted by Gasteiger charge is -2.22. The number of hydrogen-bond acceptors (Lipinski definition) is 6. The normalized spacial score (nSPS) is 23.1. The largest absolute Gasteiger partial charge is 0.467 e. The summed E-state index contributed by atoms with van der Waals surface area (Å²) < 4.78 is 9.49. The summed E-state index contributed by atoms with van der Waals surface area (Å²) in [6.07, 6.45) is 2.52. The second-order valence-corrected chi connectivity index (χ2v) is 7.61. The summed E-state index contributed by atoms with van der Waals surface area (Å²) in [4.78, 5) is 23.2. The molecule has 1 aliphatic rings. The molecule has 1 saturated heterocycles. The number of aryl methyl sites for hydroxylation is 1. The van der Waals surface area contributed by atoms with E-state index in [1.54, 1.807) is 6.07 Å². The average molecular weight is 419 g/mol. The van der Waals surface area contributed by atoms with Gasteiger partial charge in [0.25, 0.3) is 0 Å². The molecule has 2 N–H and O–H groups in total. The molecular weight excluding hydrogens is 395 g/mol. The van der Waals surface area contributed by atoms with E-state index >= 15 is 0 Å². The van der Waals surface area contributed by atoms with Crippen LogP contribution >= 0.6 is 23.2 Å². The summed E-state index contributed by atoms with van der Waals surface area (Å²) in [6, 6.07) is 5.48. The predicted octanol–water partition coefficient (Wildman–Crippen LogP) is 3.07. The van der Waals surface area contributed by atoms with Crippen molar-refractivity contribution in [2.24, 2.45) is 0 Å². The smallest absolute Gasteiger partial charge is 0.341 e. The molecule has 150 valence electrons. The number of hydrogen-bond donors (Lipinski definition) is 2. The molecule has 0 unspecified atom stereocenters. The van der Waals surface area contributed by atoms with Crippen LogP contribution < -0.4 is 0 Å². The molecule has 3 atom stereocenters. The van der Waals surface area contributed by atoms with Gasteiger partial charge in [0.05, 0.1) is 7.11 Å². The van der Waals surface area contributed by atoms with Gasteiger partial charge in [-0.2, -0.15) is 0 Å². The van der Waals surface area contributed by atoms with Crippen molar-refractivity contribution in [3.8, 4) is 0 Å². The quantitative estimate of drug-likeness (QED) is 0.472. The van der Waals surface area contributed by atoms with Crippen molar-refractivity contribution in [1.29, 1.82) is 0 Å². The van der Waals surface area contributed by atoms with Gasteiger partial charge in [0.1, 0.15) is 6.10 Å². The lowest BCUT2D eigenvalue weighted by atomic mass is 9.91. The number of halogens is 2. The fourth-order valence-corrected chi connectivity index (χ4v) is 3.68. The standard InChI is InChI=1S/C19H24Cl2O6/c1-26-17(23)16(22)19(25)11-14(27-18(19)24)7-5-3-2-4-6-12-8-9-13(20)10-15(12)21/h8-10,14,16,22,25H,2-7,11H2,1H3/t14-,16+,19+/m1/s1. The molecule has 0 spiro atoms. The molecule has 1 aromatic carbocycles. The summed E-state index contributed by atoms with van der Waals surface area (Å²) in [5.74, 6) is -2.04. The zero-order valence-corrected chi connectivity index (χ0v) is 16.6. The number of rotatable bonds is 9. The van der Waals surface area contributed by atoms with E-state index in [4.69, 9.17) is 27.9 Å². The van der Waals surface area contributed by atoms with Crippen molar-refractivity contribution < 1.29 is 29.3 Å². The third-order valence-corrected chi connectivity index (χ3v) is 5.37. The number of unbranched alkanes of at least 4 members (excludes halogenated alkanes) is 3. The molecule has 8 heteroatoms. The van der Waals surface area contributed by atoms with Gasteiger partial charge in [-0.25, -0.2) is 9.59 Å². The van der Waals surface area contributed by atoms with Gasteiger partial charge in [0.15, 0.2) is 6.10 Å². The Kier molecular flexibility index (Phi) is 7.91. The van der Waals surface area contributed by atoms with Crippen molar-refractivity contribution in [3.63, 3.8) is 0 Å². The Balaban J connectivity index is 1.69. The fourth-order valence-electron chi connectivity index (χ4n) is 3.18. The van der Waals surface area contributed by atoms with Gasteiger partial charge in [0.2, 0.25) is 5.60 Å². The molecule has 6 nitrogen and oxygen atoms in total. The molecule has 0 aromatic heterocycles. The molecule has 1 heterocycles. The lowest BCUT2D eigenvalue weighted by Crippen LogP contribution is -2.51. The molecule has 27 heavy (non-hydrogen) atoms. The van der Waals surface area contributed by atoms with E-state index in [0.29, 0.717) is 16.5 Å². The van der Waals surface area contributed by atoms with Crippen LogP contribution in [-0.4, -0.2) is 47.1 Å². The van der Waals surface area contributed by atoms with Gasteiger partial charge in [0, 0.05) is 16.5 Å². The molecular formula is C19H24Cl2O6. The predicted molar refractivity (Wildman–Crippen MR) is 101 cm³/mol. The van der Waals surface area contributed by atoms with E-state index in [2.05, 4.69) is 4.74 Å². The third-order valence-electron chi connectivity index (χ3n) is 4.78. The topological polar surface area (TPSA) is 93.1 Å². The van der Waals surface area contributed by atoms with E-state index in [-0.39, 0.29) is 6.42 Å². The minimum absolute atomic E-state index is 0.123. The monoisotopic (exact) mass is 418 g/mol. The van der Waals surface area contributed by atoms with E-state index in [1.165, 1.54) is 0 Å². The maximum atomic E-state index is 11.9. The molecule has 1 aliphatic heterocycles. The summed E-state index contributed by atoms with van der Waals surface area (Å²) in [6.45, 7) is 0. The van der Waals surface area contributed by atoms with Crippen LogP contribution in [0.1, 0.15) is 44.1 Å². The average Bonchev–Trinajstić information content (AvgIpc) is 2.93. The molecule has 1 fully saturated rings. The van der Waals surface area contributed by atoms with Crippen LogP contribution in [0.2, 0.25) is 10.0 Å². The summed E-state index contributed by atoms with van der Waals surface area (Å²) in [7, 11) is 1.07. The van der Waals surface area contributed by atoms with Crippen molar-refractivity contribution in [3.05, 3.63) is 33.8 Å². The first kappa shape index (κ1) is 22.0. The van der Waals surface area contributed by atoms with Crippen LogP contribution in [-0.2, 0) is 25.5 Å². The van der Waals surface area contributed by atoms with Crippen LogP contribution in [0.15, 0.2) is 18.2 Å². The van der Waals surface area contributed by atoms with Gasteiger partial charge < -0.3 is 19.7 Å². The number of carbonyl (C=O) groups excluding carboxylic acids is 2. The van der Waals surface area contributed by atoms with E-state index in [0.717, 1.165) is 44.8 Å². The van der Waals surface area contributed by atoms with Gasteiger partial charge in [-0.15, -0.1) is 0 Å². The maximum absolute atomic E-state index is 11.9. The fraction of sp³-hybridized carbons (Fsp3) is 0.579. The van der Waals surface area contributed by atoms with Gasteiger partial charge in [-0.05, 0) is 43.4 Å². The van der Waals surface area contributed by atoms with Crippen molar-refractivity contribution in [2.45, 2.75) is 62.8 Å². The Bertz CT molecular complexity index is 680. The highest BCUT2D eigenvalue weighted by molar-refractivity contribution is 6.35. The van der Waals surface area contributed by atoms with Crippen LogP contribution in [0.3, 0.4) is 0 Å². The molecule has 0 aliphatic carbocycles. The number of methoxy groups -OCH3 is 1. The summed E-state index contributed by atoms with van der Waals surface area (Å²) >= 11 is 12.0. The summed E-state index contributed by atoms with van der Waals surface area (Å²) in [5.41, 5.74) is -1.17. The van der Waals surface area contributed by atoms with Crippen LogP contribution in [0.25, 0.3) is 0 Å². The molecule has 0 amide bonds. The number of carbonyl (C=O) groups is 2. The Morgan fingerprint density at radius 3 is 2.70 bits per heavy atom. The first-order valence-electron chi connectivity index (χ1n) is 8.91. The number of aliphatic hydroxyl groups excluding tert-OH is 1. The van der Waals surface area contributed by atoms with Gasteiger partial charge in [-0.1, -0.05) is 42.1 Å². The first-order valence-corrected chi connectivity index (χ1v) is 9.67. The zero-order chi connectivity index (χ0) is 20.0. The number of ether oxygens (including phenoxy) is 2. The van der Waals surface area contributed by atoms with E-state index in [9.17, 15) is 19.8 Å². The van der Waals surface area contributed by atoms with Crippen molar-refractivity contribution >= 4 is 35.1 Å². The van der Waals surface area contributed by atoms with Crippen LogP contribution in [0.5, 0.6) is 0 Å². The van der Waals surface area contributed by atoms with Crippen LogP contribution in [0.4, 0.5) is 0 Å². The number of benzene rings is 1. The Labute approximate surface area is 168 Å². The Hall–Kier alpha value is -1.34. The molecule has 0 saturated carbocycles. The third kappa shape index (κ3) is 5.57. The highest BCUT2D eigenvalue weighted by atomic mass is 35.5. The van der Waals surface area contributed by atoms with E-state index < -0.39 is 29.7 Å². The van der Waals surface area contributed by atoms with E-state index in [1.807, 2.05) is 12.1 Å². The highest BCUT2D eigenvalue weighted by Crippen LogP contribution is 2.32. The SMILES string of the molecule is COC(=O)[C@H](O)[C@@]1(O)C[C@@H](CCCCCCc2ccc(Cl)cc2Cl)OC1=O. The Morgan fingerprint density at radius 2 is 2.04 bits per heavy atom. The molecule has 0 bridgehead atoms. The second kappa shape index (κ2) is 9.73. The summed E-state index contributed by atoms with van der Waals surface area (Å²) in [5, 5.41) is 21.4. The maximum Gasteiger partial charge on any atom is 0.341 e. The number of esters is 2. The van der Waals surface area contributed by atoms with Crippen LogP contribution in [0, 0.1) is 0 Å². The highest BCUT2D eigenvalue weighted by Gasteiger charge is 2.55. The first-order chi connectivity index (χ1) is 12.8. The number of cyclic esters (lactones) is 1. The second-order valence-electron chi connectivity index (χ2n) is 6.77.